The van der Waals surface area contributed by atoms with E-state index in [-0.39, 0.29) is 0 Å². The molecule has 8 aromatic carbocycles. The molecule has 0 saturated carbocycles. The molecule has 1 aliphatic carbocycles. The van der Waals surface area contributed by atoms with Crippen molar-refractivity contribution in [1.82, 2.24) is 0 Å². The van der Waals surface area contributed by atoms with Crippen LogP contribution in [0.15, 0.2) is 217 Å². The Hall–Kier alpha value is -7.16. The van der Waals surface area contributed by atoms with Gasteiger partial charge in [-0.3, -0.25) is 0 Å². The lowest BCUT2D eigenvalue weighted by Gasteiger charge is -2.13. The predicted octanol–water partition coefficient (Wildman–Crippen LogP) is 15.0. The fraction of sp³-hybridized carbons (Fsp3) is 0.0370. The van der Waals surface area contributed by atoms with Crippen LogP contribution in [-0.2, 0) is 6.42 Å². The molecular weight excluding hydrogens is 679 g/mol. The van der Waals surface area contributed by atoms with Gasteiger partial charge >= 0.3 is 0 Å². The Kier molecular flexibility index (Phi) is 9.92. The first kappa shape index (κ1) is 34.6. The largest absolute Gasteiger partial charge is 0.460 e. The van der Waals surface area contributed by atoms with Crippen molar-refractivity contribution in [3.8, 4) is 44.5 Å². The van der Waals surface area contributed by atoms with Crippen LogP contribution in [0.25, 0.3) is 67.1 Å². The van der Waals surface area contributed by atoms with E-state index in [0.29, 0.717) is 0 Å². The van der Waals surface area contributed by atoms with Gasteiger partial charge in [0.25, 0.3) is 0 Å². The minimum Gasteiger partial charge on any atom is -0.460 e. The number of hydrogen-bond acceptors (Lipinski definition) is 2. The third-order valence-electron chi connectivity index (χ3n) is 10.5. The fourth-order valence-electron chi connectivity index (χ4n) is 7.47. The average Bonchev–Trinajstić information content (AvgIpc) is 3.66. The first-order chi connectivity index (χ1) is 27.7. The van der Waals surface area contributed by atoms with E-state index in [4.69, 9.17) is 4.42 Å². The summed E-state index contributed by atoms with van der Waals surface area (Å²) < 4.78 is 6.26. The monoisotopic (exact) mass is 719 g/mol. The lowest BCUT2D eigenvalue weighted by Crippen LogP contribution is -1.96. The first-order valence-corrected chi connectivity index (χ1v) is 19.3. The topological polar surface area (TPSA) is 25.2 Å². The maximum atomic E-state index is 6.26. The molecule has 0 radical (unpaired) electrons. The van der Waals surface area contributed by atoms with Gasteiger partial charge in [-0.1, -0.05) is 176 Å². The summed E-state index contributed by atoms with van der Waals surface area (Å²) in [6.45, 7) is 0. The minimum absolute atomic E-state index is 0.934. The zero-order valence-corrected chi connectivity index (χ0v) is 31.1. The van der Waals surface area contributed by atoms with Crippen molar-refractivity contribution in [1.29, 1.82) is 0 Å². The maximum Gasteiger partial charge on any atom is 0.134 e. The highest BCUT2D eigenvalue weighted by Crippen LogP contribution is 2.38. The van der Waals surface area contributed by atoms with Crippen LogP contribution in [0.3, 0.4) is 0 Å². The lowest BCUT2D eigenvalue weighted by molar-refractivity contribution is 0.548. The van der Waals surface area contributed by atoms with E-state index >= 15 is 0 Å². The number of fused-ring (bicyclic) bond motifs is 3. The van der Waals surface area contributed by atoms with Gasteiger partial charge < -0.3 is 9.73 Å². The zero-order chi connectivity index (χ0) is 37.5. The highest BCUT2D eigenvalue weighted by Gasteiger charge is 2.19. The molecule has 10 rings (SSSR count). The van der Waals surface area contributed by atoms with Crippen LogP contribution in [-0.4, -0.2) is 0 Å². The Morgan fingerprint density at radius 1 is 0.339 bits per heavy atom. The number of rotatable bonds is 7. The van der Waals surface area contributed by atoms with E-state index in [2.05, 4.69) is 206 Å². The second kappa shape index (κ2) is 16.1. The van der Waals surface area contributed by atoms with Crippen LogP contribution in [0.5, 0.6) is 0 Å². The Morgan fingerprint density at radius 2 is 0.714 bits per heavy atom. The Morgan fingerprint density at radius 3 is 1.18 bits per heavy atom. The van der Waals surface area contributed by atoms with Crippen LogP contribution in [0.1, 0.15) is 23.3 Å². The van der Waals surface area contributed by atoms with Crippen molar-refractivity contribution in [2.24, 2.45) is 0 Å². The van der Waals surface area contributed by atoms with E-state index in [1.807, 2.05) is 18.2 Å². The van der Waals surface area contributed by atoms with Crippen molar-refractivity contribution in [2.75, 3.05) is 5.32 Å². The minimum atomic E-state index is 0.934. The van der Waals surface area contributed by atoms with Gasteiger partial charge in [0.2, 0.25) is 0 Å². The van der Waals surface area contributed by atoms with E-state index < -0.39 is 0 Å². The molecule has 0 amide bonds. The molecule has 1 heterocycles. The van der Waals surface area contributed by atoms with Crippen LogP contribution >= 0.6 is 0 Å². The number of furan rings is 1. The van der Waals surface area contributed by atoms with Crippen LogP contribution in [0.4, 0.5) is 11.4 Å². The van der Waals surface area contributed by atoms with E-state index in [0.717, 1.165) is 35.6 Å². The molecule has 268 valence electrons. The summed E-state index contributed by atoms with van der Waals surface area (Å²) in [6, 6.07) is 74.6. The van der Waals surface area contributed by atoms with E-state index in [1.165, 1.54) is 66.6 Å². The third kappa shape index (κ3) is 7.73. The van der Waals surface area contributed by atoms with Crippen LogP contribution < -0.4 is 5.32 Å². The number of allylic oxidation sites excluding steroid dienone is 1. The van der Waals surface area contributed by atoms with Crippen molar-refractivity contribution in [3.05, 3.63) is 229 Å². The third-order valence-corrected chi connectivity index (χ3v) is 10.5. The summed E-state index contributed by atoms with van der Waals surface area (Å²) in [4.78, 5) is 0. The van der Waals surface area contributed by atoms with Crippen molar-refractivity contribution < 1.29 is 4.42 Å². The van der Waals surface area contributed by atoms with Gasteiger partial charge in [0.1, 0.15) is 11.3 Å². The molecule has 1 aromatic heterocycles. The molecule has 0 bridgehead atoms. The van der Waals surface area contributed by atoms with E-state index in [9.17, 15) is 0 Å². The summed E-state index contributed by atoms with van der Waals surface area (Å²) in [5, 5.41) is 4.71. The van der Waals surface area contributed by atoms with Crippen molar-refractivity contribution >= 4 is 34.0 Å². The second-order valence-corrected chi connectivity index (χ2v) is 14.1. The number of anilines is 2. The molecule has 0 unspecified atom stereocenters. The van der Waals surface area contributed by atoms with Gasteiger partial charge in [0.15, 0.2) is 0 Å². The standard InChI is InChI=1S/C42H31NO.C12H10/c1-3-7-29(8-4-1)32-15-21-37(22-16-32)43-38-23-17-33(18-24-38)31-11-13-34(14-12-31)36-20-26-42-40(28-36)39-27-35(19-25-41(39)44-42)30-9-5-2-6-10-30;1-3-7-11(8-4-1)12-9-5-2-6-10-12/h1-18,20-24,26-28,43H,19,25H2;1-10H. The van der Waals surface area contributed by atoms with Gasteiger partial charge in [-0.15, -0.1) is 0 Å². The van der Waals surface area contributed by atoms with Gasteiger partial charge in [-0.05, 0) is 105 Å². The molecule has 0 saturated heterocycles. The molecule has 2 heteroatoms. The highest BCUT2D eigenvalue weighted by atomic mass is 16.3. The SMILES string of the molecule is C1=C(c2ccccc2)CCc2oc3ccc(-c4ccc(-c5ccc(Nc6ccc(-c7ccccc7)cc6)cc5)cc4)cc3c21.c1ccc(-c2ccccc2)cc1. The molecular formula is C54H41NO. The lowest BCUT2D eigenvalue weighted by atomic mass is 9.91. The Labute approximate surface area is 329 Å². The molecule has 1 N–H and O–H groups in total. The molecule has 0 atom stereocenters. The smallest absolute Gasteiger partial charge is 0.134 e. The predicted molar refractivity (Wildman–Crippen MR) is 237 cm³/mol. The maximum absolute atomic E-state index is 6.26. The van der Waals surface area contributed by atoms with Crippen molar-refractivity contribution in [2.45, 2.75) is 12.8 Å². The molecule has 9 aromatic rings. The quantitative estimate of drug-likeness (QED) is 0.177. The number of nitrogens with one attached hydrogen (secondary N) is 1. The molecule has 1 aliphatic rings. The summed E-state index contributed by atoms with van der Waals surface area (Å²) in [5.41, 5.74) is 16.8. The van der Waals surface area contributed by atoms with Gasteiger partial charge in [-0.25, -0.2) is 0 Å². The molecule has 56 heavy (non-hydrogen) atoms. The molecule has 2 nitrogen and oxygen atoms in total. The Bertz CT molecular complexity index is 2660. The fourth-order valence-corrected chi connectivity index (χ4v) is 7.47. The summed E-state index contributed by atoms with van der Waals surface area (Å²) in [7, 11) is 0. The van der Waals surface area contributed by atoms with Crippen molar-refractivity contribution in [3.63, 3.8) is 0 Å². The van der Waals surface area contributed by atoms with Gasteiger partial charge in [-0.2, -0.15) is 0 Å². The van der Waals surface area contributed by atoms with E-state index in [1.54, 1.807) is 0 Å². The second-order valence-electron chi connectivity index (χ2n) is 14.1. The van der Waals surface area contributed by atoms with Gasteiger partial charge in [0, 0.05) is 28.7 Å². The molecule has 0 aliphatic heterocycles. The number of benzene rings is 8. The first-order valence-electron chi connectivity index (χ1n) is 19.3. The van der Waals surface area contributed by atoms with Crippen LogP contribution in [0.2, 0.25) is 0 Å². The zero-order valence-electron chi connectivity index (χ0n) is 31.1. The average molecular weight is 720 g/mol. The number of aryl methyl sites for hydroxylation is 1. The normalized spacial score (nSPS) is 11.9. The summed E-state index contributed by atoms with van der Waals surface area (Å²) >= 11 is 0. The molecule has 0 fully saturated rings. The van der Waals surface area contributed by atoms with Crippen LogP contribution in [0, 0.1) is 0 Å². The highest BCUT2D eigenvalue weighted by molar-refractivity contribution is 5.98. The van der Waals surface area contributed by atoms with Gasteiger partial charge in [0.05, 0.1) is 0 Å². The number of hydrogen-bond donors (Lipinski definition) is 1. The summed E-state index contributed by atoms with van der Waals surface area (Å²) in [6.07, 6.45) is 4.26. The molecule has 0 spiro atoms. The Balaban J connectivity index is 0.000000291. The summed E-state index contributed by atoms with van der Waals surface area (Å²) in [5.74, 6) is 1.09.